The number of anilines is 1. The van der Waals surface area contributed by atoms with E-state index >= 15 is 0 Å². The first-order valence-corrected chi connectivity index (χ1v) is 5.96. The molecule has 0 aliphatic carbocycles. The first-order chi connectivity index (χ1) is 9.75. The van der Waals surface area contributed by atoms with E-state index in [2.05, 4.69) is 15.4 Å². The number of ether oxygens (including phenoxy) is 2. The van der Waals surface area contributed by atoms with E-state index in [-0.39, 0.29) is 13.2 Å². The highest BCUT2D eigenvalue weighted by molar-refractivity contribution is 5.39. The van der Waals surface area contributed by atoms with Gasteiger partial charge >= 0.3 is 0 Å². The zero-order chi connectivity index (χ0) is 14.4. The summed E-state index contributed by atoms with van der Waals surface area (Å²) in [6.45, 7) is 0.252. The van der Waals surface area contributed by atoms with E-state index in [9.17, 15) is 0 Å². The Labute approximate surface area is 116 Å². The molecule has 0 amide bonds. The van der Waals surface area contributed by atoms with Crippen LogP contribution in [0.4, 0.5) is 5.82 Å². The van der Waals surface area contributed by atoms with Gasteiger partial charge in [-0.3, -0.25) is 0 Å². The lowest BCUT2D eigenvalue weighted by molar-refractivity contribution is 0.177. The smallest absolute Gasteiger partial charge is 0.224 e. The number of rotatable bonds is 6. The van der Waals surface area contributed by atoms with Gasteiger partial charge in [-0.25, -0.2) is 10.8 Å². The first kappa shape index (κ1) is 14.2. The zero-order valence-corrected chi connectivity index (χ0v) is 11.0. The SMILES string of the molecule is COCc1nc(NN)cc(Oc2ccc(CO)cc2)n1. The lowest BCUT2D eigenvalue weighted by atomic mass is 10.2. The Morgan fingerprint density at radius 2 is 2.00 bits per heavy atom. The largest absolute Gasteiger partial charge is 0.439 e. The molecule has 7 heteroatoms. The van der Waals surface area contributed by atoms with Crippen molar-refractivity contribution in [2.75, 3.05) is 12.5 Å². The van der Waals surface area contributed by atoms with Gasteiger partial charge in [0, 0.05) is 13.2 Å². The normalized spacial score (nSPS) is 10.3. The van der Waals surface area contributed by atoms with Crippen LogP contribution in [0.15, 0.2) is 30.3 Å². The minimum absolute atomic E-state index is 0.00693. The summed E-state index contributed by atoms with van der Waals surface area (Å²) in [4.78, 5) is 8.33. The molecule has 0 saturated heterocycles. The standard InChI is InChI=1S/C13H16N4O3/c1-19-8-12-15-11(17-14)6-13(16-12)20-10-4-2-9(7-18)3-5-10/h2-6,18H,7-8,14H2,1H3,(H,15,16,17). The molecule has 2 aromatic rings. The predicted octanol–water partition coefficient (Wildman–Crippen LogP) is 1.19. The van der Waals surface area contributed by atoms with Gasteiger partial charge in [-0.15, -0.1) is 0 Å². The van der Waals surface area contributed by atoms with Crippen LogP contribution in [0.5, 0.6) is 11.6 Å². The van der Waals surface area contributed by atoms with Gasteiger partial charge in [0.2, 0.25) is 5.88 Å². The summed E-state index contributed by atoms with van der Waals surface area (Å²) in [5.41, 5.74) is 3.26. The highest BCUT2D eigenvalue weighted by atomic mass is 16.5. The highest BCUT2D eigenvalue weighted by Crippen LogP contribution is 2.22. The number of nitrogens with one attached hydrogen (secondary N) is 1. The number of nitrogens with two attached hydrogens (primary N) is 1. The molecule has 2 rings (SSSR count). The third-order valence-electron chi connectivity index (χ3n) is 2.50. The second-order valence-corrected chi connectivity index (χ2v) is 3.99. The van der Waals surface area contributed by atoms with Crippen LogP contribution in [0.1, 0.15) is 11.4 Å². The number of nitrogen functional groups attached to an aromatic ring is 1. The van der Waals surface area contributed by atoms with E-state index in [0.717, 1.165) is 5.56 Å². The number of methoxy groups -OCH3 is 1. The molecule has 1 aromatic heterocycles. The quantitative estimate of drug-likeness (QED) is 0.538. The Morgan fingerprint density at radius 1 is 1.25 bits per heavy atom. The van der Waals surface area contributed by atoms with Crippen molar-refractivity contribution in [3.63, 3.8) is 0 Å². The molecule has 0 aliphatic rings. The summed E-state index contributed by atoms with van der Waals surface area (Å²) in [6.07, 6.45) is 0. The van der Waals surface area contributed by atoms with Gasteiger partial charge < -0.3 is 20.0 Å². The zero-order valence-electron chi connectivity index (χ0n) is 11.0. The lowest BCUT2D eigenvalue weighted by Crippen LogP contribution is -2.11. The minimum atomic E-state index is -0.00693. The van der Waals surface area contributed by atoms with Gasteiger partial charge in [-0.1, -0.05) is 12.1 Å². The van der Waals surface area contributed by atoms with E-state index < -0.39 is 0 Å². The molecule has 1 aromatic carbocycles. The molecular weight excluding hydrogens is 260 g/mol. The maximum absolute atomic E-state index is 8.98. The second kappa shape index (κ2) is 6.80. The van der Waals surface area contributed by atoms with E-state index in [1.807, 2.05) is 0 Å². The van der Waals surface area contributed by atoms with Crippen molar-refractivity contribution in [2.24, 2.45) is 5.84 Å². The van der Waals surface area contributed by atoms with Crippen LogP contribution in [-0.4, -0.2) is 22.2 Å². The number of aliphatic hydroxyl groups excluding tert-OH is 1. The second-order valence-electron chi connectivity index (χ2n) is 3.99. The van der Waals surface area contributed by atoms with Crippen LogP contribution in [-0.2, 0) is 18.0 Å². The Balaban J connectivity index is 2.20. The molecular formula is C13H16N4O3. The maximum atomic E-state index is 8.98. The number of aliphatic hydroxyl groups is 1. The van der Waals surface area contributed by atoms with Gasteiger partial charge in [0.25, 0.3) is 0 Å². The van der Waals surface area contributed by atoms with Gasteiger partial charge in [-0.05, 0) is 17.7 Å². The van der Waals surface area contributed by atoms with E-state index in [1.54, 1.807) is 37.4 Å². The summed E-state index contributed by atoms with van der Waals surface area (Å²) < 4.78 is 10.6. The summed E-state index contributed by atoms with van der Waals surface area (Å²) >= 11 is 0. The van der Waals surface area contributed by atoms with Crippen LogP contribution in [0.3, 0.4) is 0 Å². The van der Waals surface area contributed by atoms with Crippen LogP contribution in [0.25, 0.3) is 0 Å². The van der Waals surface area contributed by atoms with Crippen molar-refractivity contribution in [1.82, 2.24) is 9.97 Å². The molecule has 0 saturated carbocycles. The predicted molar refractivity (Wildman–Crippen MR) is 73.0 cm³/mol. The third kappa shape index (κ3) is 3.64. The monoisotopic (exact) mass is 276 g/mol. The summed E-state index contributed by atoms with van der Waals surface area (Å²) in [5, 5.41) is 8.98. The molecule has 0 spiro atoms. The van der Waals surface area contributed by atoms with Gasteiger partial charge in [-0.2, -0.15) is 4.98 Å². The average Bonchev–Trinajstić information content (AvgIpc) is 2.48. The van der Waals surface area contributed by atoms with Gasteiger partial charge in [0.1, 0.15) is 18.2 Å². The van der Waals surface area contributed by atoms with Crippen molar-refractivity contribution >= 4 is 5.82 Å². The summed E-state index contributed by atoms with van der Waals surface area (Å²) in [6, 6.07) is 8.63. The number of hydrogen-bond donors (Lipinski definition) is 3. The number of hydrogen-bond acceptors (Lipinski definition) is 7. The fourth-order valence-electron chi connectivity index (χ4n) is 1.58. The molecule has 7 nitrogen and oxygen atoms in total. The fourth-order valence-corrected chi connectivity index (χ4v) is 1.58. The molecule has 0 unspecified atom stereocenters. The van der Waals surface area contributed by atoms with Crippen LogP contribution in [0.2, 0.25) is 0 Å². The topological polar surface area (TPSA) is 103 Å². The molecule has 1 heterocycles. The van der Waals surface area contributed by atoms with Crippen molar-refractivity contribution < 1.29 is 14.6 Å². The van der Waals surface area contributed by atoms with Crippen molar-refractivity contribution in [3.8, 4) is 11.6 Å². The first-order valence-electron chi connectivity index (χ1n) is 5.96. The highest BCUT2D eigenvalue weighted by Gasteiger charge is 2.06. The fraction of sp³-hybridized carbons (Fsp3) is 0.231. The lowest BCUT2D eigenvalue weighted by Gasteiger charge is -2.09. The molecule has 0 radical (unpaired) electrons. The van der Waals surface area contributed by atoms with Gasteiger partial charge in [0.05, 0.1) is 6.61 Å². The average molecular weight is 276 g/mol. The molecule has 4 N–H and O–H groups in total. The van der Waals surface area contributed by atoms with E-state index in [4.69, 9.17) is 20.4 Å². The van der Waals surface area contributed by atoms with Crippen molar-refractivity contribution in [1.29, 1.82) is 0 Å². The Morgan fingerprint density at radius 3 is 2.60 bits per heavy atom. The van der Waals surface area contributed by atoms with Crippen molar-refractivity contribution in [3.05, 3.63) is 41.7 Å². The molecule has 0 bridgehead atoms. The van der Waals surface area contributed by atoms with E-state index in [1.165, 1.54) is 0 Å². The number of hydrazine groups is 1. The molecule has 20 heavy (non-hydrogen) atoms. The Kier molecular flexibility index (Phi) is 4.83. The number of aromatic nitrogens is 2. The third-order valence-corrected chi connectivity index (χ3v) is 2.50. The van der Waals surface area contributed by atoms with E-state index in [0.29, 0.717) is 23.3 Å². The summed E-state index contributed by atoms with van der Waals surface area (Å²) in [5.74, 6) is 7.21. The summed E-state index contributed by atoms with van der Waals surface area (Å²) in [7, 11) is 1.56. The molecule has 106 valence electrons. The van der Waals surface area contributed by atoms with Crippen LogP contribution in [0, 0.1) is 0 Å². The molecule has 0 fully saturated rings. The molecule has 0 aliphatic heterocycles. The number of benzene rings is 1. The van der Waals surface area contributed by atoms with Crippen molar-refractivity contribution in [2.45, 2.75) is 13.2 Å². The maximum Gasteiger partial charge on any atom is 0.224 e. The minimum Gasteiger partial charge on any atom is -0.439 e. The van der Waals surface area contributed by atoms with Gasteiger partial charge in [0.15, 0.2) is 5.82 Å². The van der Waals surface area contributed by atoms with Crippen LogP contribution < -0.4 is 16.0 Å². The Bertz CT molecular complexity index is 560. The van der Waals surface area contributed by atoms with Crippen LogP contribution >= 0.6 is 0 Å². The number of nitrogens with zero attached hydrogens (tertiary/aromatic N) is 2. The molecule has 0 atom stereocenters. The Hall–Kier alpha value is -2.22.